The maximum Gasteiger partial charge on any atom is 0.0446 e. The summed E-state index contributed by atoms with van der Waals surface area (Å²) in [5.74, 6) is 0. The van der Waals surface area contributed by atoms with Crippen molar-refractivity contribution in [3.05, 3.63) is 35.9 Å². The highest BCUT2D eigenvalue weighted by Crippen LogP contribution is 2.06. The zero-order valence-electron chi connectivity index (χ0n) is 7.61. The molecule has 1 aromatic rings. The highest BCUT2D eigenvalue weighted by atomic mass is 31.0. The predicted octanol–water partition coefficient (Wildman–Crippen LogP) is 1.36. The molecule has 0 aliphatic carbocycles. The van der Waals surface area contributed by atoms with E-state index in [1.165, 1.54) is 5.56 Å². The van der Waals surface area contributed by atoms with Crippen molar-refractivity contribution in [3.63, 3.8) is 0 Å². The summed E-state index contributed by atoms with van der Waals surface area (Å²) in [4.78, 5) is 0. The smallest absolute Gasteiger partial charge is 0.0446 e. The fourth-order valence-corrected chi connectivity index (χ4v) is 1.58. The number of aliphatic hydroxyl groups excluding tert-OH is 1. The third-order valence-electron chi connectivity index (χ3n) is 2.04. The van der Waals surface area contributed by atoms with E-state index in [1.807, 2.05) is 18.2 Å². The van der Waals surface area contributed by atoms with Crippen molar-refractivity contribution in [1.29, 1.82) is 0 Å². The molecule has 13 heavy (non-hydrogen) atoms. The number of rotatable bonds is 5. The van der Waals surface area contributed by atoms with Gasteiger partial charge < -0.3 is 5.11 Å². The predicted molar refractivity (Wildman–Crippen MR) is 58.5 cm³/mol. The zero-order chi connectivity index (χ0) is 9.52. The molecule has 1 unspecified atom stereocenters. The van der Waals surface area contributed by atoms with Gasteiger partial charge in [-0.3, -0.25) is 5.09 Å². The van der Waals surface area contributed by atoms with Crippen LogP contribution in [0.15, 0.2) is 30.3 Å². The Morgan fingerprint density at radius 1 is 1.31 bits per heavy atom. The van der Waals surface area contributed by atoms with Gasteiger partial charge in [-0.15, -0.1) is 0 Å². The average molecular weight is 197 g/mol. The first-order valence-electron chi connectivity index (χ1n) is 4.47. The van der Waals surface area contributed by atoms with Crippen molar-refractivity contribution in [2.45, 2.75) is 18.9 Å². The van der Waals surface area contributed by atoms with E-state index in [0.29, 0.717) is 6.04 Å². The molecule has 1 rings (SSSR count). The van der Waals surface area contributed by atoms with E-state index in [4.69, 9.17) is 5.11 Å². The van der Waals surface area contributed by atoms with Gasteiger partial charge in [0.15, 0.2) is 0 Å². The molecule has 0 fully saturated rings. The first kappa shape index (κ1) is 10.6. The Morgan fingerprint density at radius 3 is 2.54 bits per heavy atom. The van der Waals surface area contributed by atoms with Gasteiger partial charge >= 0.3 is 0 Å². The molecule has 0 saturated heterocycles. The maximum atomic E-state index is 8.80. The van der Waals surface area contributed by atoms with Gasteiger partial charge in [0, 0.05) is 12.6 Å². The van der Waals surface area contributed by atoms with Gasteiger partial charge in [-0.25, -0.2) is 0 Å². The normalized spacial score (nSPS) is 12.8. The highest BCUT2D eigenvalue weighted by Gasteiger charge is 2.05. The monoisotopic (exact) mass is 197 g/mol. The Kier molecular flexibility index (Phi) is 4.99. The Balaban J connectivity index is 2.46. The highest BCUT2D eigenvalue weighted by molar-refractivity contribution is 7.13. The molecule has 0 bridgehead atoms. The number of nitrogens with one attached hydrogen (secondary N) is 1. The first-order valence-corrected chi connectivity index (χ1v) is 5.05. The van der Waals surface area contributed by atoms with Crippen LogP contribution in [0.25, 0.3) is 0 Å². The molecular formula is C10H16NOP. The summed E-state index contributed by atoms with van der Waals surface area (Å²) < 4.78 is 0. The lowest BCUT2D eigenvalue weighted by atomic mass is 10.0. The first-order chi connectivity index (χ1) is 6.36. The standard InChI is InChI=1S/C10H16NOP/c12-7-6-10(11-13)8-9-4-2-1-3-5-9/h1-5,10-12H,6-8,13H2/t10-/m1/s1. The topological polar surface area (TPSA) is 32.3 Å². The van der Waals surface area contributed by atoms with Gasteiger partial charge in [-0.1, -0.05) is 39.7 Å². The van der Waals surface area contributed by atoms with Crippen LogP contribution in [0.3, 0.4) is 0 Å². The van der Waals surface area contributed by atoms with Gasteiger partial charge in [0.1, 0.15) is 0 Å². The molecule has 2 atom stereocenters. The van der Waals surface area contributed by atoms with Crippen LogP contribution < -0.4 is 5.09 Å². The minimum atomic E-state index is 0.235. The van der Waals surface area contributed by atoms with Crippen molar-refractivity contribution < 1.29 is 5.11 Å². The van der Waals surface area contributed by atoms with Crippen molar-refractivity contribution in [3.8, 4) is 0 Å². The summed E-state index contributed by atoms with van der Waals surface area (Å²) in [6.07, 6.45) is 1.75. The minimum absolute atomic E-state index is 0.235. The molecule has 0 aliphatic rings. The van der Waals surface area contributed by atoms with E-state index in [1.54, 1.807) is 0 Å². The molecule has 0 radical (unpaired) electrons. The average Bonchev–Trinajstić information content (AvgIpc) is 2.19. The molecule has 3 heteroatoms. The summed E-state index contributed by atoms with van der Waals surface area (Å²) in [6, 6.07) is 10.6. The van der Waals surface area contributed by atoms with Crippen LogP contribution in [0, 0.1) is 0 Å². The number of hydrogen-bond acceptors (Lipinski definition) is 2. The third kappa shape index (κ3) is 3.86. The van der Waals surface area contributed by atoms with Crippen LogP contribution in [-0.2, 0) is 6.42 Å². The summed E-state index contributed by atoms with van der Waals surface area (Å²) in [7, 11) is 2.50. The molecule has 2 nitrogen and oxygen atoms in total. The molecule has 0 heterocycles. The van der Waals surface area contributed by atoms with E-state index in [9.17, 15) is 0 Å². The molecule has 0 amide bonds. The Labute approximate surface area is 81.6 Å². The molecule has 0 aliphatic heterocycles. The van der Waals surface area contributed by atoms with Crippen molar-refractivity contribution >= 4 is 9.39 Å². The third-order valence-corrected chi connectivity index (χ3v) is 2.51. The van der Waals surface area contributed by atoms with Crippen molar-refractivity contribution in [2.75, 3.05) is 6.61 Å². The van der Waals surface area contributed by atoms with E-state index >= 15 is 0 Å². The van der Waals surface area contributed by atoms with Crippen LogP contribution in [-0.4, -0.2) is 17.8 Å². The van der Waals surface area contributed by atoms with Crippen LogP contribution in [0.2, 0.25) is 0 Å². The lowest BCUT2D eigenvalue weighted by molar-refractivity contribution is 0.272. The second-order valence-corrected chi connectivity index (χ2v) is 3.40. The van der Waals surface area contributed by atoms with E-state index in [0.717, 1.165) is 12.8 Å². The Bertz CT molecular complexity index is 228. The summed E-state index contributed by atoms with van der Waals surface area (Å²) in [5, 5.41) is 11.9. The minimum Gasteiger partial charge on any atom is -0.396 e. The number of hydrogen-bond donors (Lipinski definition) is 2. The van der Waals surface area contributed by atoms with Crippen molar-refractivity contribution in [1.82, 2.24) is 5.09 Å². The zero-order valence-corrected chi connectivity index (χ0v) is 8.76. The fourth-order valence-electron chi connectivity index (χ4n) is 1.30. The van der Waals surface area contributed by atoms with Crippen LogP contribution in [0.5, 0.6) is 0 Å². The molecule has 1 aromatic carbocycles. The molecule has 0 saturated carbocycles. The van der Waals surface area contributed by atoms with Crippen LogP contribution >= 0.6 is 9.39 Å². The molecule has 2 N–H and O–H groups in total. The molecule has 0 spiro atoms. The van der Waals surface area contributed by atoms with Crippen LogP contribution in [0.1, 0.15) is 12.0 Å². The Morgan fingerprint density at radius 2 is 2.00 bits per heavy atom. The summed E-state index contributed by atoms with van der Waals surface area (Å²) in [5.41, 5.74) is 1.30. The molecule has 72 valence electrons. The van der Waals surface area contributed by atoms with Gasteiger partial charge in [-0.2, -0.15) is 0 Å². The fraction of sp³-hybridized carbons (Fsp3) is 0.400. The maximum absolute atomic E-state index is 8.80. The van der Waals surface area contributed by atoms with E-state index < -0.39 is 0 Å². The lowest BCUT2D eigenvalue weighted by Crippen LogP contribution is -2.24. The second-order valence-electron chi connectivity index (χ2n) is 3.07. The Hall–Kier alpha value is -0.430. The second kappa shape index (κ2) is 6.09. The van der Waals surface area contributed by atoms with Gasteiger partial charge in [0.2, 0.25) is 0 Å². The quantitative estimate of drug-likeness (QED) is 0.698. The largest absolute Gasteiger partial charge is 0.396 e. The number of benzene rings is 1. The SMILES string of the molecule is OCC[C@H](Cc1ccccc1)NP. The summed E-state index contributed by atoms with van der Waals surface area (Å²) in [6.45, 7) is 0.235. The molecule has 0 aromatic heterocycles. The van der Waals surface area contributed by atoms with E-state index in [-0.39, 0.29) is 6.61 Å². The van der Waals surface area contributed by atoms with Gasteiger partial charge in [-0.05, 0) is 18.4 Å². The van der Waals surface area contributed by atoms with Crippen LogP contribution in [0.4, 0.5) is 0 Å². The summed E-state index contributed by atoms with van der Waals surface area (Å²) >= 11 is 0. The van der Waals surface area contributed by atoms with Gasteiger partial charge in [0.25, 0.3) is 0 Å². The molecular weight excluding hydrogens is 181 g/mol. The number of aliphatic hydroxyl groups is 1. The van der Waals surface area contributed by atoms with Crippen molar-refractivity contribution in [2.24, 2.45) is 0 Å². The lowest BCUT2D eigenvalue weighted by Gasteiger charge is -2.14. The van der Waals surface area contributed by atoms with Gasteiger partial charge in [0.05, 0.1) is 0 Å². The van der Waals surface area contributed by atoms with E-state index in [2.05, 4.69) is 26.6 Å².